The summed E-state index contributed by atoms with van der Waals surface area (Å²) < 4.78 is 0. The van der Waals surface area contributed by atoms with Gasteiger partial charge in [0.1, 0.15) is 5.78 Å². The van der Waals surface area contributed by atoms with Crippen LogP contribution in [0.1, 0.15) is 56.6 Å². The number of Topliss-reactive ketones (excluding diaryl/α,β-unsaturated/α-hetero) is 1. The minimum Gasteiger partial charge on any atom is -0.481 e. The molecule has 0 fully saturated rings. The van der Waals surface area contributed by atoms with Crippen molar-refractivity contribution < 1.29 is 14.7 Å². The third-order valence-electron chi connectivity index (χ3n) is 3.34. The summed E-state index contributed by atoms with van der Waals surface area (Å²) >= 11 is 0. The lowest BCUT2D eigenvalue weighted by atomic mass is 10.0. The Balaban J connectivity index is 2.29. The van der Waals surface area contributed by atoms with Crippen LogP contribution < -0.4 is 0 Å². The highest BCUT2D eigenvalue weighted by atomic mass is 16.4. The number of carboxylic acid groups (broad SMARTS) is 1. The monoisotopic (exact) mass is 276 g/mol. The van der Waals surface area contributed by atoms with E-state index in [1.807, 2.05) is 12.1 Å². The van der Waals surface area contributed by atoms with E-state index in [9.17, 15) is 9.59 Å². The Morgan fingerprint density at radius 1 is 0.900 bits per heavy atom. The van der Waals surface area contributed by atoms with Gasteiger partial charge in [0.15, 0.2) is 0 Å². The molecule has 1 aromatic carbocycles. The van der Waals surface area contributed by atoms with Crippen molar-refractivity contribution >= 4 is 11.8 Å². The molecule has 0 bridgehead atoms. The highest BCUT2D eigenvalue weighted by Crippen LogP contribution is 2.10. The van der Waals surface area contributed by atoms with Crippen LogP contribution in [0.3, 0.4) is 0 Å². The molecule has 0 aliphatic rings. The van der Waals surface area contributed by atoms with E-state index in [1.165, 1.54) is 19.3 Å². The molecule has 3 heteroatoms. The quantitative estimate of drug-likeness (QED) is 0.661. The number of carboxylic acids is 1. The molecule has 0 aliphatic carbocycles. The number of carbonyl (C=O) groups excluding carboxylic acids is 1. The Bertz CT molecular complexity index is 420. The zero-order valence-electron chi connectivity index (χ0n) is 12.2. The van der Waals surface area contributed by atoms with Gasteiger partial charge in [-0.1, -0.05) is 56.9 Å². The fraction of sp³-hybridized carbons (Fsp3) is 0.529. The molecule has 20 heavy (non-hydrogen) atoms. The second kappa shape index (κ2) is 9.29. The predicted molar refractivity (Wildman–Crippen MR) is 79.9 cm³/mol. The van der Waals surface area contributed by atoms with Gasteiger partial charge in [-0.2, -0.15) is 0 Å². The number of unbranched alkanes of at least 4 members (excludes halogenated alkanes) is 4. The van der Waals surface area contributed by atoms with Gasteiger partial charge >= 0.3 is 5.97 Å². The minimum atomic E-state index is -0.832. The molecule has 0 aliphatic heterocycles. The van der Waals surface area contributed by atoms with Crippen molar-refractivity contribution in [2.24, 2.45) is 0 Å². The first-order chi connectivity index (χ1) is 9.61. The van der Waals surface area contributed by atoms with Crippen LogP contribution in [0.2, 0.25) is 0 Å². The molecule has 0 saturated heterocycles. The van der Waals surface area contributed by atoms with Gasteiger partial charge in [-0.25, -0.2) is 0 Å². The van der Waals surface area contributed by atoms with Crippen molar-refractivity contribution in [3.05, 3.63) is 35.4 Å². The third-order valence-corrected chi connectivity index (χ3v) is 3.34. The van der Waals surface area contributed by atoms with E-state index in [2.05, 4.69) is 6.92 Å². The molecule has 0 aromatic heterocycles. The van der Waals surface area contributed by atoms with Gasteiger partial charge in [0.05, 0.1) is 6.42 Å². The summed E-state index contributed by atoms with van der Waals surface area (Å²) in [4.78, 5) is 22.4. The normalized spacial score (nSPS) is 10.4. The lowest BCUT2D eigenvalue weighted by Gasteiger charge is -2.03. The first kappa shape index (κ1) is 16.4. The predicted octanol–water partition coefficient (Wildman–Crippen LogP) is 3.79. The van der Waals surface area contributed by atoms with Crippen LogP contribution in [0, 0.1) is 0 Å². The zero-order valence-corrected chi connectivity index (χ0v) is 12.2. The van der Waals surface area contributed by atoms with Crippen molar-refractivity contribution in [2.75, 3.05) is 0 Å². The lowest BCUT2D eigenvalue weighted by Crippen LogP contribution is -2.03. The molecule has 1 rings (SSSR count). The van der Waals surface area contributed by atoms with E-state index in [0.717, 1.165) is 24.0 Å². The van der Waals surface area contributed by atoms with E-state index < -0.39 is 5.97 Å². The summed E-state index contributed by atoms with van der Waals surface area (Å²) in [5.41, 5.74) is 1.74. The molecule has 0 radical (unpaired) electrons. The van der Waals surface area contributed by atoms with Crippen LogP contribution in [0.25, 0.3) is 0 Å². The van der Waals surface area contributed by atoms with Gasteiger partial charge in [0.2, 0.25) is 0 Å². The molecular weight excluding hydrogens is 252 g/mol. The standard InChI is InChI=1S/C17H24O3/c1-2-3-4-5-6-7-16(18)12-14-8-10-15(11-9-14)13-17(19)20/h8-11H,2-7,12-13H2,1H3,(H,19,20). The largest absolute Gasteiger partial charge is 0.481 e. The number of rotatable bonds is 10. The number of carbonyl (C=O) groups is 2. The molecule has 0 heterocycles. The fourth-order valence-corrected chi connectivity index (χ4v) is 2.19. The minimum absolute atomic E-state index is 0.0334. The Kier molecular flexibility index (Phi) is 7.63. The molecule has 1 N–H and O–H groups in total. The van der Waals surface area contributed by atoms with Crippen molar-refractivity contribution in [3.63, 3.8) is 0 Å². The van der Waals surface area contributed by atoms with Crippen molar-refractivity contribution in [2.45, 2.75) is 58.3 Å². The molecule has 0 unspecified atom stereocenters. The Labute approximate surface area is 121 Å². The average molecular weight is 276 g/mol. The van der Waals surface area contributed by atoms with Crippen LogP contribution in [0.4, 0.5) is 0 Å². The van der Waals surface area contributed by atoms with Gasteiger partial charge < -0.3 is 5.11 Å². The number of ketones is 1. The molecule has 0 saturated carbocycles. The highest BCUT2D eigenvalue weighted by Gasteiger charge is 2.05. The van der Waals surface area contributed by atoms with Crippen molar-refractivity contribution in [1.82, 2.24) is 0 Å². The summed E-state index contributed by atoms with van der Waals surface area (Å²) in [5.74, 6) is -0.562. The molecule has 1 aromatic rings. The van der Waals surface area contributed by atoms with E-state index in [-0.39, 0.29) is 12.2 Å². The van der Waals surface area contributed by atoms with Crippen LogP contribution in [-0.2, 0) is 22.4 Å². The Morgan fingerprint density at radius 2 is 1.45 bits per heavy atom. The van der Waals surface area contributed by atoms with E-state index in [4.69, 9.17) is 5.11 Å². The van der Waals surface area contributed by atoms with Crippen molar-refractivity contribution in [1.29, 1.82) is 0 Å². The maximum atomic E-state index is 11.8. The maximum Gasteiger partial charge on any atom is 0.307 e. The average Bonchev–Trinajstić information content (AvgIpc) is 2.40. The molecular formula is C17H24O3. The van der Waals surface area contributed by atoms with Crippen LogP contribution in [-0.4, -0.2) is 16.9 Å². The maximum absolute atomic E-state index is 11.8. The van der Waals surface area contributed by atoms with Crippen LogP contribution in [0.5, 0.6) is 0 Å². The summed E-state index contributed by atoms with van der Waals surface area (Å²) in [6.07, 6.45) is 6.95. The van der Waals surface area contributed by atoms with E-state index in [0.29, 0.717) is 12.8 Å². The molecule has 0 spiro atoms. The SMILES string of the molecule is CCCCCCCC(=O)Cc1ccc(CC(=O)O)cc1. The van der Waals surface area contributed by atoms with E-state index in [1.54, 1.807) is 12.1 Å². The zero-order chi connectivity index (χ0) is 14.8. The van der Waals surface area contributed by atoms with Crippen LogP contribution >= 0.6 is 0 Å². The van der Waals surface area contributed by atoms with Crippen molar-refractivity contribution in [3.8, 4) is 0 Å². The summed E-state index contributed by atoms with van der Waals surface area (Å²) in [6, 6.07) is 7.29. The first-order valence-corrected chi connectivity index (χ1v) is 7.43. The van der Waals surface area contributed by atoms with Gasteiger partial charge in [0.25, 0.3) is 0 Å². The van der Waals surface area contributed by atoms with Crippen LogP contribution in [0.15, 0.2) is 24.3 Å². The summed E-state index contributed by atoms with van der Waals surface area (Å²) in [6.45, 7) is 2.18. The number of benzene rings is 1. The molecule has 0 amide bonds. The van der Waals surface area contributed by atoms with Gasteiger partial charge in [-0.05, 0) is 17.5 Å². The molecule has 0 atom stereocenters. The smallest absolute Gasteiger partial charge is 0.307 e. The van der Waals surface area contributed by atoms with Gasteiger partial charge in [-0.3, -0.25) is 9.59 Å². The first-order valence-electron chi connectivity index (χ1n) is 7.43. The molecule has 3 nitrogen and oxygen atoms in total. The summed E-state index contributed by atoms with van der Waals surface area (Å²) in [5, 5.41) is 8.69. The summed E-state index contributed by atoms with van der Waals surface area (Å²) in [7, 11) is 0. The number of aliphatic carboxylic acids is 1. The fourth-order valence-electron chi connectivity index (χ4n) is 2.19. The lowest BCUT2D eigenvalue weighted by molar-refractivity contribution is -0.136. The van der Waals surface area contributed by atoms with E-state index >= 15 is 0 Å². The second-order valence-corrected chi connectivity index (χ2v) is 5.27. The van der Waals surface area contributed by atoms with Gasteiger partial charge in [0, 0.05) is 12.8 Å². The Hall–Kier alpha value is -1.64. The Morgan fingerprint density at radius 3 is 2.00 bits per heavy atom. The molecule has 110 valence electrons. The highest BCUT2D eigenvalue weighted by molar-refractivity contribution is 5.80. The third kappa shape index (κ3) is 7.07. The van der Waals surface area contributed by atoms with Gasteiger partial charge in [-0.15, -0.1) is 0 Å². The second-order valence-electron chi connectivity index (χ2n) is 5.27. The number of hydrogen-bond donors (Lipinski definition) is 1. The number of hydrogen-bond acceptors (Lipinski definition) is 2. The topological polar surface area (TPSA) is 54.4 Å².